The Bertz CT molecular complexity index is 1060. The summed E-state index contributed by atoms with van der Waals surface area (Å²) in [6, 6.07) is 3.82. The van der Waals surface area contributed by atoms with E-state index >= 15 is 0 Å². The summed E-state index contributed by atoms with van der Waals surface area (Å²) in [5.74, 6) is 0.620. The first-order valence-corrected chi connectivity index (χ1v) is 11.5. The molecule has 0 radical (unpaired) electrons. The number of carbonyl (C=O) groups excluding carboxylic acids is 2. The molecule has 0 aromatic carbocycles. The SMILES string of the molecule is CC1CN(c2nc(N)c(C=O)nc2Cl)CCN1C1CCN(C(=O)c2ccc(Cl)nc2N)CC1. The Morgan fingerprint density at radius 2 is 1.79 bits per heavy atom. The van der Waals surface area contributed by atoms with Gasteiger partial charge in [-0.2, -0.15) is 0 Å². The van der Waals surface area contributed by atoms with Crippen LogP contribution < -0.4 is 16.4 Å². The molecule has 4 heterocycles. The zero-order valence-electron chi connectivity index (χ0n) is 18.2. The molecule has 0 bridgehead atoms. The largest absolute Gasteiger partial charge is 0.383 e. The van der Waals surface area contributed by atoms with Crippen molar-refractivity contribution in [1.29, 1.82) is 0 Å². The number of nitrogen functional groups attached to an aromatic ring is 2. The van der Waals surface area contributed by atoms with E-state index in [9.17, 15) is 9.59 Å². The number of rotatable bonds is 4. The molecule has 0 saturated carbocycles. The average Bonchev–Trinajstić information content (AvgIpc) is 2.80. The molecule has 1 unspecified atom stereocenters. The third-order valence-corrected chi connectivity index (χ3v) is 6.79. The highest BCUT2D eigenvalue weighted by Gasteiger charge is 2.34. The lowest BCUT2D eigenvalue weighted by atomic mass is 9.99. The Labute approximate surface area is 201 Å². The van der Waals surface area contributed by atoms with Crippen LogP contribution in [0.25, 0.3) is 0 Å². The van der Waals surface area contributed by atoms with E-state index in [-0.39, 0.29) is 39.6 Å². The third kappa shape index (κ3) is 4.83. The van der Waals surface area contributed by atoms with Gasteiger partial charge in [-0.3, -0.25) is 14.5 Å². The average molecular weight is 493 g/mol. The van der Waals surface area contributed by atoms with Gasteiger partial charge in [0.05, 0.1) is 5.56 Å². The van der Waals surface area contributed by atoms with Crippen molar-refractivity contribution < 1.29 is 9.59 Å². The minimum atomic E-state index is -0.113. The van der Waals surface area contributed by atoms with Crippen LogP contribution >= 0.6 is 23.2 Å². The summed E-state index contributed by atoms with van der Waals surface area (Å²) in [4.78, 5) is 42.6. The molecule has 1 amide bonds. The fourth-order valence-electron chi connectivity index (χ4n) is 4.63. The number of anilines is 3. The number of piperidine rings is 1. The lowest BCUT2D eigenvalue weighted by molar-refractivity contribution is 0.0526. The molecule has 2 aliphatic heterocycles. The Balaban J connectivity index is 1.36. The van der Waals surface area contributed by atoms with Gasteiger partial charge in [0.25, 0.3) is 5.91 Å². The Kier molecular flexibility index (Phi) is 6.87. The predicted octanol–water partition coefficient (Wildman–Crippen LogP) is 1.97. The molecule has 0 aliphatic carbocycles. The van der Waals surface area contributed by atoms with Crippen LogP contribution in [0.5, 0.6) is 0 Å². The van der Waals surface area contributed by atoms with Gasteiger partial charge in [-0.15, -0.1) is 0 Å². The highest BCUT2D eigenvalue weighted by molar-refractivity contribution is 6.32. The Morgan fingerprint density at radius 3 is 2.42 bits per heavy atom. The smallest absolute Gasteiger partial charge is 0.257 e. The van der Waals surface area contributed by atoms with Gasteiger partial charge in [-0.25, -0.2) is 15.0 Å². The minimum absolute atomic E-state index is 0.0490. The number of aromatic nitrogens is 3. The monoisotopic (exact) mass is 492 g/mol. The number of halogens is 2. The Morgan fingerprint density at radius 1 is 1.06 bits per heavy atom. The molecular formula is C21H26Cl2N8O2. The van der Waals surface area contributed by atoms with Gasteiger partial charge in [-0.1, -0.05) is 23.2 Å². The van der Waals surface area contributed by atoms with Crippen molar-refractivity contribution in [2.45, 2.75) is 31.8 Å². The molecule has 33 heavy (non-hydrogen) atoms. The van der Waals surface area contributed by atoms with Crippen LogP contribution in [-0.2, 0) is 0 Å². The molecule has 2 saturated heterocycles. The second kappa shape index (κ2) is 9.66. The first-order chi connectivity index (χ1) is 15.8. The maximum absolute atomic E-state index is 12.9. The van der Waals surface area contributed by atoms with Gasteiger partial charge in [0.15, 0.2) is 23.1 Å². The number of likely N-dealkylation sites (tertiary alicyclic amines) is 1. The summed E-state index contributed by atoms with van der Waals surface area (Å²) < 4.78 is 0. The molecule has 12 heteroatoms. The summed E-state index contributed by atoms with van der Waals surface area (Å²) in [6.45, 7) is 5.71. The van der Waals surface area contributed by atoms with Gasteiger partial charge >= 0.3 is 0 Å². The summed E-state index contributed by atoms with van der Waals surface area (Å²) in [5.41, 5.74) is 12.2. The number of hydrogen-bond acceptors (Lipinski definition) is 9. The molecule has 2 aliphatic rings. The Hall–Kier alpha value is -2.69. The highest BCUT2D eigenvalue weighted by Crippen LogP contribution is 2.29. The van der Waals surface area contributed by atoms with E-state index in [0.717, 1.165) is 19.4 Å². The van der Waals surface area contributed by atoms with Crippen molar-refractivity contribution in [1.82, 2.24) is 24.8 Å². The standard InChI is InChI=1S/C21H26Cl2N8O2/c1-12-10-30(20-17(23)26-15(11-32)19(25)28-20)8-9-31(12)13-4-6-29(7-5-13)21(33)14-2-3-16(22)27-18(14)24/h2-3,11-13H,4-10H2,1H3,(H2,24,27)(H2,25,28). The summed E-state index contributed by atoms with van der Waals surface area (Å²) in [6.07, 6.45) is 2.30. The zero-order chi connectivity index (χ0) is 23.7. The lowest BCUT2D eigenvalue weighted by Gasteiger charge is -2.46. The maximum Gasteiger partial charge on any atom is 0.257 e. The number of pyridine rings is 1. The molecule has 0 spiro atoms. The number of aldehydes is 1. The van der Waals surface area contributed by atoms with E-state index in [1.165, 1.54) is 0 Å². The lowest BCUT2D eigenvalue weighted by Crippen LogP contribution is -2.58. The van der Waals surface area contributed by atoms with Crippen LogP contribution in [0, 0.1) is 0 Å². The fraction of sp³-hybridized carbons (Fsp3) is 0.476. The van der Waals surface area contributed by atoms with Crippen molar-refractivity contribution in [3.63, 3.8) is 0 Å². The van der Waals surface area contributed by atoms with Crippen molar-refractivity contribution in [2.24, 2.45) is 0 Å². The number of hydrogen-bond donors (Lipinski definition) is 2. The van der Waals surface area contributed by atoms with Crippen LogP contribution in [0.4, 0.5) is 17.5 Å². The molecule has 2 fully saturated rings. The first kappa shape index (κ1) is 23.5. The van der Waals surface area contributed by atoms with Gasteiger partial charge < -0.3 is 21.3 Å². The molecule has 4 rings (SSSR count). The molecule has 2 aromatic heterocycles. The number of nitrogens with zero attached hydrogens (tertiary/aromatic N) is 6. The third-order valence-electron chi connectivity index (χ3n) is 6.32. The van der Waals surface area contributed by atoms with Gasteiger partial charge in [-0.05, 0) is 31.9 Å². The number of nitrogens with two attached hydrogens (primary N) is 2. The van der Waals surface area contributed by atoms with E-state index in [4.69, 9.17) is 34.7 Å². The normalized spacial score (nSPS) is 20.2. The van der Waals surface area contributed by atoms with Crippen LogP contribution in [0.2, 0.25) is 10.3 Å². The van der Waals surface area contributed by atoms with E-state index in [0.29, 0.717) is 49.9 Å². The van der Waals surface area contributed by atoms with E-state index < -0.39 is 0 Å². The van der Waals surface area contributed by atoms with E-state index in [1.807, 2.05) is 4.90 Å². The summed E-state index contributed by atoms with van der Waals surface area (Å²) >= 11 is 12.1. The number of piperazine rings is 1. The minimum Gasteiger partial charge on any atom is -0.383 e. The van der Waals surface area contributed by atoms with Crippen LogP contribution in [0.15, 0.2) is 12.1 Å². The van der Waals surface area contributed by atoms with Crippen molar-refractivity contribution in [2.75, 3.05) is 49.1 Å². The molecule has 2 aromatic rings. The maximum atomic E-state index is 12.9. The van der Waals surface area contributed by atoms with Crippen LogP contribution in [0.3, 0.4) is 0 Å². The first-order valence-electron chi connectivity index (χ1n) is 10.8. The summed E-state index contributed by atoms with van der Waals surface area (Å²) in [7, 11) is 0. The number of amides is 1. The second-order valence-electron chi connectivity index (χ2n) is 8.35. The summed E-state index contributed by atoms with van der Waals surface area (Å²) in [5, 5.41) is 0.445. The highest BCUT2D eigenvalue weighted by atomic mass is 35.5. The van der Waals surface area contributed by atoms with E-state index in [1.54, 1.807) is 12.1 Å². The zero-order valence-corrected chi connectivity index (χ0v) is 19.8. The topological polar surface area (TPSA) is 135 Å². The second-order valence-corrected chi connectivity index (χ2v) is 9.09. The van der Waals surface area contributed by atoms with Crippen molar-refractivity contribution in [3.8, 4) is 0 Å². The predicted molar refractivity (Wildman–Crippen MR) is 128 cm³/mol. The van der Waals surface area contributed by atoms with Crippen molar-refractivity contribution in [3.05, 3.63) is 33.7 Å². The molecule has 1 atom stereocenters. The quantitative estimate of drug-likeness (QED) is 0.484. The molecule has 10 nitrogen and oxygen atoms in total. The molecule has 176 valence electrons. The molecular weight excluding hydrogens is 467 g/mol. The fourth-order valence-corrected chi connectivity index (χ4v) is 5.03. The van der Waals surface area contributed by atoms with Crippen molar-refractivity contribution >= 4 is 52.8 Å². The van der Waals surface area contributed by atoms with Gasteiger partial charge in [0.2, 0.25) is 0 Å². The van der Waals surface area contributed by atoms with Gasteiger partial charge in [0, 0.05) is 44.8 Å². The molecule has 4 N–H and O–H groups in total. The van der Waals surface area contributed by atoms with Crippen LogP contribution in [-0.4, -0.2) is 81.8 Å². The van der Waals surface area contributed by atoms with Gasteiger partial charge in [0.1, 0.15) is 16.7 Å². The van der Waals surface area contributed by atoms with E-state index in [2.05, 4.69) is 31.7 Å². The van der Waals surface area contributed by atoms with Crippen LogP contribution in [0.1, 0.15) is 40.6 Å². The number of carbonyl (C=O) groups is 2.